The first-order valence-electron chi connectivity index (χ1n) is 10.9. The van der Waals surface area contributed by atoms with Gasteiger partial charge in [-0.1, -0.05) is 78.1 Å². The van der Waals surface area contributed by atoms with Crippen molar-refractivity contribution in [2.45, 2.75) is 104 Å². The van der Waals surface area contributed by atoms with Crippen LogP contribution in [0.15, 0.2) is 0 Å². The van der Waals surface area contributed by atoms with Crippen LogP contribution in [0.5, 0.6) is 0 Å². The molecule has 0 aromatic carbocycles. The maximum absolute atomic E-state index is 6.15. The summed E-state index contributed by atoms with van der Waals surface area (Å²) in [5, 5.41) is 0. The van der Waals surface area contributed by atoms with Crippen molar-refractivity contribution in [1.29, 1.82) is 0 Å². The Bertz CT molecular complexity index is 244. The second-order valence-corrected chi connectivity index (χ2v) is 8.60. The zero-order chi connectivity index (χ0) is 16.3. The van der Waals surface area contributed by atoms with Gasteiger partial charge in [-0.3, -0.25) is 0 Å². The maximum Gasteiger partial charge on any atom is 0.0494 e. The van der Waals surface area contributed by atoms with E-state index in [9.17, 15) is 0 Å². The smallest absolute Gasteiger partial charge is 0.0494 e. The molecular weight excluding hydrogens is 280 g/mol. The first-order valence-corrected chi connectivity index (χ1v) is 10.9. The molecule has 2 fully saturated rings. The highest BCUT2D eigenvalue weighted by Gasteiger charge is 2.23. The van der Waals surface area contributed by atoms with E-state index in [0.29, 0.717) is 0 Å². The minimum atomic E-state index is 0.869. The molecule has 0 aromatic heterocycles. The molecule has 136 valence electrons. The number of hydrogen-bond donors (Lipinski definition) is 0. The predicted octanol–water partition coefficient (Wildman–Crippen LogP) is 7.00. The summed E-state index contributed by atoms with van der Waals surface area (Å²) in [5.41, 5.74) is 0. The molecule has 0 bridgehead atoms. The molecule has 1 heteroatoms. The lowest BCUT2D eigenvalue weighted by atomic mass is 9.79. The molecule has 0 saturated heterocycles. The summed E-state index contributed by atoms with van der Waals surface area (Å²) in [7, 11) is 0. The van der Waals surface area contributed by atoms with Gasteiger partial charge in [0.25, 0.3) is 0 Å². The summed E-state index contributed by atoms with van der Waals surface area (Å²) < 4.78 is 6.15. The van der Waals surface area contributed by atoms with Crippen LogP contribution < -0.4 is 0 Å². The van der Waals surface area contributed by atoms with Crippen molar-refractivity contribution in [2.24, 2.45) is 23.7 Å². The van der Waals surface area contributed by atoms with E-state index in [0.717, 1.165) is 36.9 Å². The minimum Gasteiger partial charge on any atom is -0.381 e. The third kappa shape index (κ3) is 7.59. The van der Waals surface area contributed by atoms with Gasteiger partial charge in [0.1, 0.15) is 0 Å². The number of hydrogen-bond acceptors (Lipinski definition) is 1. The van der Waals surface area contributed by atoms with Gasteiger partial charge in [0, 0.05) is 13.2 Å². The van der Waals surface area contributed by atoms with Crippen molar-refractivity contribution >= 4 is 0 Å². The third-order valence-corrected chi connectivity index (χ3v) is 6.57. The molecule has 2 aliphatic rings. The van der Waals surface area contributed by atoms with Crippen molar-refractivity contribution in [3.05, 3.63) is 0 Å². The van der Waals surface area contributed by atoms with Crippen LogP contribution in [0.25, 0.3) is 0 Å². The van der Waals surface area contributed by atoms with E-state index >= 15 is 0 Å². The van der Waals surface area contributed by atoms with E-state index in [2.05, 4.69) is 13.8 Å². The van der Waals surface area contributed by atoms with Gasteiger partial charge < -0.3 is 4.74 Å². The predicted molar refractivity (Wildman–Crippen MR) is 101 cm³/mol. The Morgan fingerprint density at radius 3 is 1.26 bits per heavy atom. The second kappa shape index (κ2) is 11.5. The summed E-state index contributed by atoms with van der Waals surface area (Å²) in [6.45, 7) is 6.74. The molecule has 0 aromatic rings. The van der Waals surface area contributed by atoms with Crippen molar-refractivity contribution in [2.75, 3.05) is 13.2 Å². The second-order valence-electron chi connectivity index (χ2n) is 8.60. The molecular formula is C22H42O. The minimum absolute atomic E-state index is 0.869. The van der Waals surface area contributed by atoms with E-state index in [4.69, 9.17) is 4.74 Å². The fourth-order valence-electron chi connectivity index (χ4n) is 4.76. The fraction of sp³-hybridized carbons (Fsp3) is 1.00. The van der Waals surface area contributed by atoms with Crippen LogP contribution in [-0.2, 0) is 4.74 Å². The van der Waals surface area contributed by atoms with E-state index in [-0.39, 0.29) is 0 Å². The summed E-state index contributed by atoms with van der Waals surface area (Å²) in [6.07, 6.45) is 20.1. The van der Waals surface area contributed by atoms with Crippen molar-refractivity contribution < 1.29 is 4.74 Å². The monoisotopic (exact) mass is 322 g/mol. The zero-order valence-electron chi connectivity index (χ0n) is 16.0. The normalized spacial score (nSPS) is 32.1. The molecule has 0 unspecified atom stereocenters. The van der Waals surface area contributed by atoms with Gasteiger partial charge in [-0.25, -0.2) is 0 Å². The SMILES string of the molecule is CCCCC1CCC(COCC2CCC(CCCC)CC2)CC1. The Balaban J connectivity index is 1.48. The van der Waals surface area contributed by atoms with Crippen LogP contribution in [0.2, 0.25) is 0 Å². The van der Waals surface area contributed by atoms with E-state index in [1.165, 1.54) is 89.9 Å². The molecule has 2 saturated carbocycles. The Labute approximate surface area is 146 Å². The van der Waals surface area contributed by atoms with E-state index in [1.807, 2.05) is 0 Å². The molecule has 0 aliphatic heterocycles. The Morgan fingerprint density at radius 2 is 0.913 bits per heavy atom. The molecule has 2 rings (SSSR count). The lowest BCUT2D eigenvalue weighted by Crippen LogP contribution is -2.22. The lowest BCUT2D eigenvalue weighted by molar-refractivity contribution is 0.0406. The van der Waals surface area contributed by atoms with Crippen LogP contribution >= 0.6 is 0 Å². The molecule has 0 heterocycles. The maximum atomic E-state index is 6.15. The van der Waals surface area contributed by atoms with Gasteiger partial charge in [-0.05, 0) is 49.4 Å². The van der Waals surface area contributed by atoms with Gasteiger partial charge in [-0.15, -0.1) is 0 Å². The van der Waals surface area contributed by atoms with Crippen molar-refractivity contribution in [1.82, 2.24) is 0 Å². The highest BCUT2D eigenvalue weighted by atomic mass is 16.5. The Hall–Kier alpha value is -0.0400. The summed E-state index contributed by atoms with van der Waals surface area (Å²) in [5.74, 6) is 3.80. The highest BCUT2D eigenvalue weighted by Crippen LogP contribution is 2.34. The Kier molecular flexibility index (Phi) is 9.65. The van der Waals surface area contributed by atoms with Gasteiger partial charge >= 0.3 is 0 Å². The molecule has 1 nitrogen and oxygen atoms in total. The highest BCUT2D eigenvalue weighted by molar-refractivity contribution is 4.74. The topological polar surface area (TPSA) is 9.23 Å². The zero-order valence-corrected chi connectivity index (χ0v) is 16.0. The van der Waals surface area contributed by atoms with Gasteiger partial charge in [0.2, 0.25) is 0 Å². The fourth-order valence-corrected chi connectivity index (χ4v) is 4.76. The van der Waals surface area contributed by atoms with Crippen LogP contribution in [0.1, 0.15) is 104 Å². The molecule has 2 aliphatic carbocycles. The summed E-state index contributed by atoms with van der Waals surface area (Å²) >= 11 is 0. The van der Waals surface area contributed by atoms with Gasteiger partial charge in [0.15, 0.2) is 0 Å². The molecule has 0 spiro atoms. The quantitative estimate of drug-likeness (QED) is 0.421. The van der Waals surface area contributed by atoms with Crippen molar-refractivity contribution in [3.8, 4) is 0 Å². The largest absolute Gasteiger partial charge is 0.381 e. The average molecular weight is 323 g/mol. The first kappa shape index (κ1) is 19.3. The van der Waals surface area contributed by atoms with E-state index < -0.39 is 0 Å². The van der Waals surface area contributed by atoms with Gasteiger partial charge in [-0.2, -0.15) is 0 Å². The molecule has 0 atom stereocenters. The molecule has 23 heavy (non-hydrogen) atoms. The summed E-state index contributed by atoms with van der Waals surface area (Å²) in [6, 6.07) is 0. The van der Waals surface area contributed by atoms with E-state index in [1.54, 1.807) is 0 Å². The summed E-state index contributed by atoms with van der Waals surface area (Å²) in [4.78, 5) is 0. The van der Waals surface area contributed by atoms with Crippen LogP contribution in [0, 0.1) is 23.7 Å². The standard InChI is InChI=1S/C22H42O/c1-3-5-7-19-9-13-21(14-10-19)17-23-18-22-15-11-20(12-16-22)8-6-4-2/h19-22H,3-18H2,1-2H3. The van der Waals surface area contributed by atoms with Crippen LogP contribution in [0.4, 0.5) is 0 Å². The molecule has 0 N–H and O–H groups in total. The third-order valence-electron chi connectivity index (χ3n) is 6.57. The van der Waals surface area contributed by atoms with Crippen LogP contribution in [-0.4, -0.2) is 13.2 Å². The van der Waals surface area contributed by atoms with Crippen molar-refractivity contribution in [3.63, 3.8) is 0 Å². The number of ether oxygens (including phenoxy) is 1. The molecule has 0 radical (unpaired) electrons. The number of rotatable bonds is 10. The Morgan fingerprint density at radius 1 is 0.565 bits per heavy atom. The average Bonchev–Trinajstić information content (AvgIpc) is 2.60. The molecule has 0 amide bonds. The van der Waals surface area contributed by atoms with Crippen LogP contribution in [0.3, 0.4) is 0 Å². The first-order chi connectivity index (χ1) is 11.3. The number of unbranched alkanes of at least 4 members (excludes halogenated alkanes) is 2. The van der Waals surface area contributed by atoms with Gasteiger partial charge in [0.05, 0.1) is 0 Å². The lowest BCUT2D eigenvalue weighted by Gasteiger charge is -2.30.